The van der Waals surface area contributed by atoms with Crippen LogP contribution in [0.25, 0.3) is 0 Å². The first-order valence-corrected chi connectivity index (χ1v) is 6.06. The number of benzene rings is 1. The van der Waals surface area contributed by atoms with Gasteiger partial charge in [0.25, 0.3) is 0 Å². The number of rotatable bonds is 4. The van der Waals surface area contributed by atoms with E-state index in [0.29, 0.717) is 5.56 Å². The maximum Gasteiger partial charge on any atom is 0.339 e. The zero-order valence-corrected chi connectivity index (χ0v) is 10.3. The summed E-state index contributed by atoms with van der Waals surface area (Å²) in [5.41, 5.74) is 1.55. The quantitative estimate of drug-likeness (QED) is 0.899. The zero-order chi connectivity index (χ0) is 13.0. The van der Waals surface area contributed by atoms with Crippen LogP contribution in [-0.2, 0) is 6.42 Å². The van der Waals surface area contributed by atoms with Gasteiger partial charge in [0, 0.05) is 5.56 Å². The van der Waals surface area contributed by atoms with Gasteiger partial charge >= 0.3 is 5.63 Å². The molecule has 0 saturated heterocycles. The summed E-state index contributed by atoms with van der Waals surface area (Å²) in [6.45, 7) is 2.05. The van der Waals surface area contributed by atoms with Gasteiger partial charge in [0.05, 0.1) is 6.26 Å². The molecule has 0 saturated carbocycles. The van der Waals surface area contributed by atoms with Gasteiger partial charge in [-0.25, -0.2) is 4.79 Å². The predicted octanol–water partition coefficient (Wildman–Crippen LogP) is 3.08. The van der Waals surface area contributed by atoms with Crippen LogP contribution in [0.15, 0.2) is 51.9 Å². The lowest BCUT2D eigenvalue weighted by Gasteiger charge is -2.13. The van der Waals surface area contributed by atoms with Gasteiger partial charge in [0.2, 0.25) is 0 Å². The summed E-state index contributed by atoms with van der Waals surface area (Å²) >= 11 is 0. The van der Waals surface area contributed by atoms with Crippen LogP contribution in [0, 0.1) is 0 Å². The molecule has 0 radical (unpaired) electrons. The number of hydrogen-bond donors (Lipinski definition) is 1. The van der Waals surface area contributed by atoms with Crippen LogP contribution in [0.4, 0.5) is 0 Å². The number of phenols is 1. The molecule has 0 aliphatic heterocycles. The lowest BCUT2D eigenvalue weighted by atomic mass is 9.91. The van der Waals surface area contributed by atoms with Gasteiger partial charge in [-0.05, 0) is 48.6 Å². The fourth-order valence-electron chi connectivity index (χ4n) is 2.07. The Hall–Kier alpha value is -2.03. The SMILES string of the molecule is CCC(Cc1ccc(O)cc1)c1cccoc1=O. The third kappa shape index (κ3) is 2.80. The number of phenolic OH excluding ortho intramolecular Hbond substituents is 1. The van der Waals surface area contributed by atoms with Crippen LogP contribution in [0.3, 0.4) is 0 Å². The van der Waals surface area contributed by atoms with E-state index in [-0.39, 0.29) is 17.3 Å². The second-order valence-electron chi connectivity index (χ2n) is 4.33. The molecule has 0 amide bonds. The van der Waals surface area contributed by atoms with Crippen molar-refractivity contribution in [3.8, 4) is 5.75 Å². The van der Waals surface area contributed by atoms with Crippen LogP contribution in [0.1, 0.15) is 30.4 Å². The van der Waals surface area contributed by atoms with Gasteiger partial charge in [0.1, 0.15) is 5.75 Å². The summed E-state index contributed by atoms with van der Waals surface area (Å²) < 4.78 is 4.90. The lowest BCUT2D eigenvalue weighted by molar-refractivity contribution is 0.474. The molecule has 94 valence electrons. The molecule has 1 heterocycles. The normalized spacial score (nSPS) is 12.3. The van der Waals surface area contributed by atoms with E-state index in [1.165, 1.54) is 6.26 Å². The summed E-state index contributed by atoms with van der Waals surface area (Å²) in [4.78, 5) is 11.7. The predicted molar refractivity (Wildman–Crippen MR) is 69.8 cm³/mol. The van der Waals surface area contributed by atoms with Crippen LogP contribution < -0.4 is 5.63 Å². The molecule has 0 bridgehead atoms. The molecule has 1 unspecified atom stereocenters. The van der Waals surface area contributed by atoms with Crippen molar-refractivity contribution in [1.82, 2.24) is 0 Å². The highest BCUT2D eigenvalue weighted by Gasteiger charge is 2.14. The minimum Gasteiger partial charge on any atom is -0.508 e. The molecular formula is C15H16O3. The molecule has 3 heteroatoms. The Balaban J connectivity index is 2.22. The topological polar surface area (TPSA) is 50.4 Å². The van der Waals surface area contributed by atoms with Crippen molar-refractivity contribution in [2.75, 3.05) is 0 Å². The molecule has 0 spiro atoms. The molecule has 2 rings (SSSR count). The maximum atomic E-state index is 11.7. The summed E-state index contributed by atoms with van der Waals surface area (Å²) in [5, 5.41) is 9.24. The second-order valence-corrected chi connectivity index (χ2v) is 4.33. The summed E-state index contributed by atoms with van der Waals surface area (Å²) in [5.74, 6) is 0.401. The molecule has 1 aromatic heterocycles. The third-order valence-corrected chi connectivity index (χ3v) is 3.12. The summed E-state index contributed by atoms with van der Waals surface area (Å²) in [7, 11) is 0. The minimum absolute atomic E-state index is 0.145. The largest absolute Gasteiger partial charge is 0.508 e. The van der Waals surface area contributed by atoms with E-state index >= 15 is 0 Å². The van der Waals surface area contributed by atoms with E-state index in [9.17, 15) is 9.90 Å². The van der Waals surface area contributed by atoms with Gasteiger partial charge in [-0.3, -0.25) is 0 Å². The van der Waals surface area contributed by atoms with Crippen molar-refractivity contribution < 1.29 is 9.52 Å². The molecule has 3 nitrogen and oxygen atoms in total. The van der Waals surface area contributed by atoms with Crippen molar-refractivity contribution in [2.45, 2.75) is 25.7 Å². The average molecular weight is 244 g/mol. The highest BCUT2D eigenvalue weighted by atomic mass is 16.4. The van der Waals surface area contributed by atoms with Crippen molar-refractivity contribution >= 4 is 0 Å². The smallest absolute Gasteiger partial charge is 0.339 e. The van der Waals surface area contributed by atoms with Crippen molar-refractivity contribution in [1.29, 1.82) is 0 Å². The molecular weight excluding hydrogens is 228 g/mol. The minimum atomic E-state index is -0.261. The van der Waals surface area contributed by atoms with Gasteiger partial charge in [-0.1, -0.05) is 19.1 Å². The Labute approximate surface area is 106 Å². The Bertz CT molecular complexity index is 554. The van der Waals surface area contributed by atoms with E-state index < -0.39 is 0 Å². The van der Waals surface area contributed by atoms with E-state index in [0.717, 1.165) is 18.4 Å². The zero-order valence-electron chi connectivity index (χ0n) is 10.3. The van der Waals surface area contributed by atoms with Gasteiger partial charge in [0.15, 0.2) is 0 Å². The van der Waals surface area contributed by atoms with Crippen molar-refractivity contribution in [3.05, 3.63) is 64.2 Å². The molecule has 1 aromatic carbocycles. The molecule has 0 fully saturated rings. The summed E-state index contributed by atoms with van der Waals surface area (Å²) in [6, 6.07) is 10.6. The van der Waals surface area contributed by atoms with Gasteiger partial charge in [-0.2, -0.15) is 0 Å². The van der Waals surface area contributed by atoms with Crippen LogP contribution in [0.2, 0.25) is 0 Å². The molecule has 18 heavy (non-hydrogen) atoms. The fraction of sp³-hybridized carbons (Fsp3) is 0.267. The van der Waals surface area contributed by atoms with E-state index in [4.69, 9.17) is 4.42 Å². The monoisotopic (exact) mass is 244 g/mol. The lowest BCUT2D eigenvalue weighted by Crippen LogP contribution is -2.13. The van der Waals surface area contributed by atoms with E-state index in [1.807, 2.05) is 18.2 Å². The summed E-state index contributed by atoms with van der Waals surface area (Å²) in [6.07, 6.45) is 3.04. The Morgan fingerprint density at radius 2 is 1.94 bits per heavy atom. The van der Waals surface area contributed by atoms with Gasteiger partial charge in [-0.15, -0.1) is 0 Å². The average Bonchev–Trinajstić information content (AvgIpc) is 2.39. The molecule has 0 aliphatic carbocycles. The maximum absolute atomic E-state index is 11.7. The Morgan fingerprint density at radius 1 is 1.22 bits per heavy atom. The Kier molecular flexibility index (Phi) is 3.82. The first-order valence-electron chi connectivity index (χ1n) is 6.06. The molecule has 1 N–H and O–H groups in total. The fourth-order valence-corrected chi connectivity index (χ4v) is 2.07. The molecule has 2 aromatic rings. The molecule has 0 aliphatic rings. The van der Waals surface area contributed by atoms with Crippen LogP contribution in [-0.4, -0.2) is 5.11 Å². The first-order chi connectivity index (χ1) is 8.70. The van der Waals surface area contributed by atoms with Crippen molar-refractivity contribution in [3.63, 3.8) is 0 Å². The first kappa shape index (κ1) is 12.4. The number of aromatic hydroxyl groups is 1. The van der Waals surface area contributed by atoms with Crippen molar-refractivity contribution in [2.24, 2.45) is 0 Å². The van der Waals surface area contributed by atoms with Crippen LogP contribution >= 0.6 is 0 Å². The second kappa shape index (κ2) is 5.54. The highest BCUT2D eigenvalue weighted by Crippen LogP contribution is 2.22. The Morgan fingerprint density at radius 3 is 2.56 bits per heavy atom. The van der Waals surface area contributed by atoms with Gasteiger partial charge < -0.3 is 9.52 Å². The number of hydrogen-bond acceptors (Lipinski definition) is 3. The molecule has 1 atom stereocenters. The van der Waals surface area contributed by atoms with E-state index in [2.05, 4.69) is 6.92 Å². The van der Waals surface area contributed by atoms with Crippen LogP contribution in [0.5, 0.6) is 5.75 Å². The highest BCUT2D eigenvalue weighted by molar-refractivity contribution is 5.28. The third-order valence-electron chi connectivity index (χ3n) is 3.12. The standard InChI is InChI=1S/C15H16O3/c1-2-12(14-4-3-9-18-15(14)17)10-11-5-7-13(16)8-6-11/h3-9,12,16H,2,10H2,1H3. The van der Waals surface area contributed by atoms with E-state index in [1.54, 1.807) is 18.2 Å².